The summed E-state index contributed by atoms with van der Waals surface area (Å²) in [5.41, 5.74) is 0.589. The number of hydrogen-bond acceptors (Lipinski definition) is 6. The van der Waals surface area contributed by atoms with Gasteiger partial charge in [-0.15, -0.1) is 0 Å². The summed E-state index contributed by atoms with van der Waals surface area (Å²) in [4.78, 5) is 20.1. The Balaban J connectivity index is 1.64. The largest absolute Gasteiger partial charge is 0.465 e. The Morgan fingerprint density at radius 1 is 1.28 bits per heavy atom. The van der Waals surface area contributed by atoms with Gasteiger partial charge in [-0.3, -0.25) is 9.80 Å². The lowest BCUT2D eigenvalue weighted by Crippen LogP contribution is -2.58. The Morgan fingerprint density at radius 3 is 2.56 bits per heavy atom. The van der Waals surface area contributed by atoms with Crippen LogP contribution in [0.5, 0.6) is 0 Å². The minimum Gasteiger partial charge on any atom is -0.465 e. The molecule has 2 aliphatic heterocycles. The van der Waals surface area contributed by atoms with E-state index in [9.17, 15) is 27.1 Å². The zero-order chi connectivity index (χ0) is 26.6. The van der Waals surface area contributed by atoms with E-state index in [0.29, 0.717) is 25.2 Å². The molecule has 1 aromatic heterocycles. The number of aromatic nitrogens is 2. The molecule has 0 radical (unpaired) electrons. The van der Waals surface area contributed by atoms with E-state index in [1.165, 1.54) is 4.90 Å². The van der Waals surface area contributed by atoms with Gasteiger partial charge in [0.05, 0.1) is 29.8 Å². The highest BCUT2D eigenvalue weighted by Crippen LogP contribution is 2.40. The average Bonchev–Trinajstić information content (AvgIpc) is 3.34. The van der Waals surface area contributed by atoms with Gasteiger partial charge in [0.25, 0.3) is 0 Å². The molecule has 0 bridgehead atoms. The Morgan fingerprint density at radius 2 is 1.97 bits per heavy atom. The van der Waals surface area contributed by atoms with Crippen molar-refractivity contribution in [3.63, 3.8) is 0 Å². The summed E-state index contributed by atoms with van der Waals surface area (Å²) in [5.74, 6) is -1.34. The SMILES string of the molecule is CCS(=O)(=O)c1nc2c(n1C)CN([C@H]1CO[C@H](c3cc(F)ccc3F)[C@@H](N(C(=O)O)C(C)(C)C)C1)C2. The normalized spacial score (nSPS) is 23.0. The van der Waals surface area contributed by atoms with E-state index >= 15 is 0 Å². The lowest BCUT2D eigenvalue weighted by Gasteiger charge is -2.48. The quantitative estimate of drug-likeness (QED) is 0.636. The van der Waals surface area contributed by atoms with Crippen LogP contribution in [0.3, 0.4) is 0 Å². The molecular formula is C24H32F2N4O5S. The predicted octanol–water partition coefficient (Wildman–Crippen LogP) is 3.48. The van der Waals surface area contributed by atoms with Gasteiger partial charge >= 0.3 is 6.09 Å². The first-order valence-corrected chi connectivity index (χ1v) is 13.5. The van der Waals surface area contributed by atoms with Crippen molar-refractivity contribution in [1.29, 1.82) is 0 Å². The molecule has 0 saturated carbocycles. The highest BCUT2D eigenvalue weighted by atomic mass is 32.2. The summed E-state index contributed by atoms with van der Waals surface area (Å²) in [6.45, 7) is 7.77. The summed E-state index contributed by atoms with van der Waals surface area (Å²) < 4.78 is 61.2. The number of ether oxygens (including phenoxy) is 1. The smallest absolute Gasteiger partial charge is 0.408 e. The molecule has 1 saturated heterocycles. The van der Waals surface area contributed by atoms with Gasteiger partial charge in [-0.05, 0) is 45.4 Å². The van der Waals surface area contributed by atoms with Crippen LogP contribution in [0.2, 0.25) is 0 Å². The fourth-order valence-corrected chi connectivity index (χ4v) is 6.28. The molecule has 2 aliphatic rings. The summed E-state index contributed by atoms with van der Waals surface area (Å²) >= 11 is 0. The van der Waals surface area contributed by atoms with E-state index in [-0.39, 0.29) is 29.1 Å². The average molecular weight is 527 g/mol. The maximum atomic E-state index is 14.7. The van der Waals surface area contributed by atoms with Gasteiger partial charge < -0.3 is 14.4 Å². The van der Waals surface area contributed by atoms with Crippen molar-refractivity contribution in [2.45, 2.75) is 76.1 Å². The number of rotatable bonds is 5. The van der Waals surface area contributed by atoms with E-state index < -0.39 is 45.2 Å². The number of fused-ring (bicyclic) bond motifs is 1. The first kappa shape index (κ1) is 26.5. The molecule has 36 heavy (non-hydrogen) atoms. The van der Waals surface area contributed by atoms with Crippen LogP contribution in [0, 0.1) is 11.6 Å². The first-order valence-electron chi connectivity index (χ1n) is 11.8. The van der Waals surface area contributed by atoms with Crippen LogP contribution in [-0.4, -0.2) is 69.0 Å². The van der Waals surface area contributed by atoms with E-state index in [1.807, 2.05) is 0 Å². The van der Waals surface area contributed by atoms with E-state index in [0.717, 1.165) is 23.9 Å². The Hall–Kier alpha value is -2.57. The van der Waals surface area contributed by atoms with Gasteiger partial charge in [-0.2, -0.15) is 0 Å². The van der Waals surface area contributed by atoms with Crippen molar-refractivity contribution in [3.05, 3.63) is 46.8 Å². The van der Waals surface area contributed by atoms with Crippen molar-refractivity contribution in [2.75, 3.05) is 12.4 Å². The molecule has 12 heteroatoms. The molecule has 0 spiro atoms. The van der Waals surface area contributed by atoms with Crippen LogP contribution in [-0.2, 0) is 34.7 Å². The molecule has 0 aliphatic carbocycles. The summed E-state index contributed by atoms with van der Waals surface area (Å²) in [7, 11) is -1.80. The maximum Gasteiger partial charge on any atom is 0.408 e. The first-order chi connectivity index (χ1) is 16.7. The molecular weight excluding hydrogens is 494 g/mol. The topological polar surface area (TPSA) is 105 Å². The monoisotopic (exact) mass is 526 g/mol. The van der Waals surface area contributed by atoms with Crippen molar-refractivity contribution < 1.29 is 31.8 Å². The molecule has 4 rings (SSSR count). The second kappa shape index (κ2) is 9.38. The second-order valence-corrected chi connectivity index (χ2v) is 12.5. The number of halogens is 2. The fraction of sp³-hybridized carbons (Fsp3) is 0.583. The number of sulfone groups is 1. The molecule has 9 nitrogen and oxygen atoms in total. The minimum absolute atomic E-state index is 0.0188. The molecule has 1 fully saturated rings. The van der Waals surface area contributed by atoms with E-state index in [1.54, 1.807) is 39.3 Å². The molecule has 0 unspecified atom stereocenters. The summed E-state index contributed by atoms with van der Waals surface area (Å²) in [6, 6.07) is 2.06. The highest BCUT2D eigenvalue weighted by Gasteiger charge is 2.46. The van der Waals surface area contributed by atoms with Gasteiger partial charge in [-0.1, -0.05) is 6.92 Å². The zero-order valence-corrected chi connectivity index (χ0v) is 21.8. The Kier molecular flexibility index (Phi) is 6.91. The predicted molar refractivity (Wildman–Crippen MR) is 127 cm³/mol. The van der Waals surface area contributed by atoms with Crippen LogP contribution < -0.4 is 0 Å². The molecule has 1 amide bonds. The molecule has 3 atom stereocenters. The molecule has 198 valence electrons. The third kappa shape index (κ3) is 4.73. The van der Waals surface area contributed by atoms with Gasteiger partial charge in [-0.25, -0.2) is 27.0 Å². The summed E-state index contributed by atoms with van der Waals surface area (Å²) in [6.07, 6.45) is -1.85. The van der Waals surface area contributed by atoms with E-state index in [4.69, 9.17) is 4.74 Å². The van der Waals surface area contributed by atoms with Crippen LogP contribution >= 0.6 is 0 Å². The van der Waals surface area contributed by atoms with Gasteiger partial charge in [0.1, 0.15) is 17.7 Å². The third-order valence-electron chi connectivity index (χ3n) is 6.99. The van der Waals surface area contributed by atoms with E-state index in [2.05, 4.69) is 9.88 Å². The number of benzene rings is 1. The number of nitrogens with zero attached hydrogens (tertiary/aromatic N) is 4. The number of amides is 1. The Bertz CT molecular complexity index is 1270. The fourth-order valence-electron chi connectivity index (χ4n) is 5.24. The van der Waals surface area contributed by atoms with Crippen molar-refractivity contribution in [2.24, 2.45) is 7.05 Å². The minimum atomic E-state index is -3.47. The van der Waals surface area contributed by atoms with Crippen molar-refractivity contribution in [1.82, 2.24) is 19.4 Å². The number of carbonyl (C=O) groups is 1. The van der Waals surface area contributed by atoms with Gasteiger partial charge in [0, 0.05) is 37.3 Å². The van der Waals surface area contributed by atoms with Crippen molar-refractivity contribution in [3.8, 4) is 0 Å². The van der Waals surface area contributed by atoms with Gasteiger partial charge in [0.2, 0.25) is 15.0 Å². The van der Waals surface area contributed by atoms with Crippen LogP contribution in [0.25, 0.3) is 0 Å². The number of carboxylic acid groups (broad SMARTS) is 1. The van der Waals surface area contributed by atoms with Crippen LogP contribution in [0.15, 0.2) is 23.4 Å². The highest BCUT2D eigenvalue weighted by molar-refractivity contribution is 7.91. The molecule has 1 N–H and O–H groups in total. The number of imidazole rings is 1. The van der Waals surface area contributed by atoms with Crippen LogP contribution in [0.4, 0.5) is 13.6 Å². The molecule has 1 aromatic carbocycles. The molecule has 2 aromatic rings. The van der Waals surface area contributed by atoms with Gasteiger partial charge in [0.15, 0.2) is 0 Å². The Labute approximate surface area is 209 Å². The van der Waals surface area contributed by atoms with Crippen LogP contribution in [0.1, 0.15) is 57.2 Å². The maximum absolute atomic E-state index is 14.7. The third-order valence-corrected chi connectivity index (χ3v) is 8.67. The summed E-state index contributed by atoms with van der Waals surface area (Å²) in [5, 5.41) is 10.1. The standard InChI is InChI=1S/C24H32F2N4O5S/c1-6-36(33,34)22-27-18-11-29(12-20(18)28(22)5)15-10-19(30(23(31)32)24(2,3)4)21(35-13-15)16-9-14(25)7-8-17(16)26/h7-9,15,19,21H,6,10-13H2,1-5H3,(H,31,32)/t15-,19+,21-/m1/s1. The van der Waals surface area contributed by atoms with Crippen molar-refractivity contribution >= 4 is 15.9 Å². The lowest BCUT2D eigenvalue weighted by atomic mass is 9.88. The number of hydrogen-bond donors (Lipinski definition) is 1. The zero-order valence-electron chi connectivity index (χ0n) is 21.0. The second-order valence-electron chi connectivity index (χ2n) is 10.4. The molecule has 3 heterocycles. The lowest BCUT2D eigenvalue weighted by molar-refractivity contribution is -0.103.